The molecule has 0 amide bonds. The van der Waals surface area contributed by atoms with Gasteiger partial charge in [-0.05, 0) is 31.3 Å². The van der Waals surface area contributed by atoms with Gasteiger partial charge in [-0.15, -0.1) is 0 Å². The highest BCUT2D eigenvalue weighted by Crippen LogP contribution is 2.23. The lowest BCUT2D eigenvalue weighted by molar-refractivity contribution is -0.654. The van der Waals surface area contributed by atoms with E-state index in [9.17, 15) is 0 Å². The Hall–Kier alpha value is -2.10. The molecule has 4 heteroatoms. The summed E-state index contributed by atoms with van der Waals surface area (Å²) in [6.07, 6.45) is 6.02. The minimum atomic E-state index is 0.257. The van der Waals surface area contributed by atoms with Gasteiger partial charge in [0, 0.05) is 12.3 Å². The quantitative estimate of drug-likeness (QED) is 0.539. The summed E-state index contributed by atoms with van der Waals surface area (Å²) in [6.45, 7) is 0.257. The van der Waals surface area contributed by atoms with Gasteiger partial charge in [-0.3, -0.25) is 4.98 Å². The van der Waals surface area contributed by atoms with E-state index in [1.54, 1.807) is 0 Å². The molecule has 0 fully saturated rings. The van der Waals surface area contributed by atoms with Gasteiger partial charge in [0.25, 0.3) is 0 Å². The predicted molar refractivity (Wildman–Crippen MR) is 74.7 cm³/mol. The Bertz CT molecular complexity index is 609. The van der Waals surface area contributed by atoms with E-state index in [0.29, 0.717) is 0 Å². The monoisotopic (exact) mass is 236 g/mol. The van der Waals surface area contributed by atoms with Crippen LogP contribution in [-0.4, -0.2) is 18.9 Å². The Balaban J connectivity index is 2.06. The second-order valence-corrected chi connectivity index (χ2v) is 4.56. The van der Waals surface area contributed by atoms with Gasteiger partial charge in [0.1, 0.15) is 7.05 Å². The van der Waals surface area contributed by atoms with Crippen LogP contribution in [0, 0.1) is 0 Å². The molecule has 2 aromatic heterocycles. The Labute approximate surface area is 108 Å². The summed E-state index contributed by atoms with van der Waals surface area (Å²) in [6, 6.07) is 10.4. The molecule has 0 unspecified atom stereocenters. The van der Waals surface area contributed by atoms with E-state index >= 15 is 0 Å². The zero-order valence-electron chi connectivity index (χ0n) is 10.6. The fourth-order valence-corrected chi connectivity index (χ4v) is 2.44. The number of anilines is 1. The molecule has 0 radical (unpaired) electrons. The van der Waals surface area contributed by atoms with E-state index < -0.39 is 0 Å². The average Bonchev–Trinajstić information content (AvgIpc) is 2.41. The predicted octanol–water partition coefficient (Wildman–Crippen LogP) is 0.807. The minimum Gasteiger partial charge on any atom is -0.403 e. The first-order valence-electron chi connectivity index (χ1n) is 6.08. The van der Waals surface area contributed by atoms with Crippen LogP contribution in [0.3, 0.4) is 0 Å². The maximum absolute atomic E-state index is 4.38. The largest absolute Gasteiger partial charge is 0.403 e. The topological polar surface area (TPSA) is 20.0 Å². The molecule has 3 heterocycles. The van der Waals surface area contributed by atoms with Crippen molar-refractivity contribution in [1.82, 2.24) is 4.98 Å². The third-order valence-corrected chi connectivity index (χ3v) is 3.45. The maximum atomic E-state index is 4.38. The molecular weight excluding hydrogens is 221 g/mol. The molecule has 1 aliphatic rings. The van der Waals surface area contributed by atoms with Crippen molar-refractivity contribution in [3.8, 4) is 0 Å². The zero-order chi connectivity index (χ0) is 12.5. The van der Waals surface area contributed by atoms with Crippen molar-refractivity contribution < 1.29 is 4.57 Å². The standard InChI is InChI=1S/C14H15BN3/c1-17-11-4-3-7-14(17)15-9-8-12-13(18(15)2)6-5-10-16-12/h3-11H,1-2H3/q+1. The van der Waals surface area contributed by atoms with Crippen molar-refractivity contribution in [2.24, 2.45) is 7.05 Å². The summed E-state index contributed by atoms with van der Waals surface area (Å²) >= 11 is 0. The fourth-order valence-electron chi connectivity index (χ4n) is 2.44. The van der Waals surface area contributed by atoms with Crippen molar-refractivity contribution in [3.05, 3.63) is 54.4 Å². The summed E-state index contributed by atoms with van der Waals surface area (Å²) in [5.74, 6) is 2.20. The summed E-state index contributed by atoms with van der Waals surface area (Å²) in [4.78, 5) is 6.65. The van der Waals surface area contributed by atoms with E-state index in [1.165, 1.54) is 11.3 Å². The van der Waals surface area contributed by atoms with Gasteiger partial charge >= 0.3 is 6.85 Å². The van der Waals surface area contributed by atoms with Crippen molar-refractivity contribution in [1.29, 1.82) is 0 Å². The molecule has 0 N–H and O–H groups in total. The van der Waals surface area contributed by atoms with Crippen molar-refractivity contribution in [2.75, 3.05) is 11.9 Å². The van der Waals surface area contributed by atoms with E-state index in [0.717, 1.165) is 5.69 Å². The third-order valence-electron chi connectivity index (χ3n) is 3.45. The first kappa shape index (κ1) is 11.0. The van der Waals surface area contributed by atoms with Gasteiger partial charge in [0.15, 0.2) is 11.8 Å². The first-order chi connectivity index (χ1) is 8.77. The number of pyridine rings is 2. The lowest BCUT2D eigenvalue weighted by atomic mass is 9.55. The highest BCUT2D eigenvalue weighted by Gasteiger charge is 2.31. The van der Waals surface area contributed by atoms with Crippen LogP contribution in [0.15, 0.2) is 48.7 Å². The van der Waals surface area contributed by atoms with Gasteiger partial charge in [-0.2, -0.15) is 0 Å². The molecule has 0 atom stereocenters. The van der Waals surface area contributed by atoms with Crippen LogP contribution in [0.2, 0.25) is 0 Å². The molecule has 0 aliphatic carbocycles. The molecule has 0 bridgehead atoms. The lowest BCUT2D eigenvalue weighted by Crippen LogP contribution is -2.60. The number of aryl methyl sites for hydroxylation is 1. The highest BCUT2D eigenvalue weighted by molar-refractivity contribution is 6.80. The SMILES string of the molecule is CN1B(c2cccc[n+]2C)C=Cc2ncccc21. The number of aromatic nitrogens is 2. The van der Waals surface area contributed by atoms with E-state index in [-0.39, 0.29) is 6.85 Å². The lowest BCUT2D eigenvalue weighted by Gasteiger charge is -2.27. The summed E-state index contributed by atoms with van der Waals surface area (Å²) in [5.41, 5.74) is 3.48. The Morgan fingerprint density at radius 1 is 1.22 bits per heavy atom. The van der Waals surface area contributed by atoms with Gasteiger partial charge in [0.05, 0.1) is 11.4 Å². The smallest absolute Gasteiger partial charge is 0.396 e. The van der Waals surface area contributed by atoms with Gasteiger partial charge in [-0.1, -0.05) is 12.0 Å². The second-order valence-electron chi connectivity index (χ2n) is 4.56. The van der Waals surface area contributed by atoms with Gasteiger partial charge in [-0.25, -0.2) is 4.57 Å². The van der Waals surface area contributed by atoms with E-state index in [1.807, 2.05) is 18.3 Å². The summed E-state index contributed by atoms with van der Waals surface area (Å²) in [5, 5.41) is 0. The van der Waals surface area contributed by atoms with Crippen LogP contribution < -0.4 is 15.0 Å². The number of fused-ring (bicyclic) bond motifs is 1. The van der Waals surface area contributed by atoms with Crippen LogP contribution in [-0.2, 0) is 7.05 Å². The molecule has 88 valence electrons. The molecule has 1 aliphatic heterocycles. The fraction of sp³-hybridized carbons (Fsp3) is 0.143. The first-order valence-corrected chi connectivity index (χ1v) is 6.08. The molecule has 0 aromatic carbocycles. The number of nitrogens with zero attached hydrogens (tertiary/aromatic N) is 3. The molecule has 3 rings (SSSR count). The molecule has 0 saturated heterocycles. The van der Waals surface area contributed by atoms with Crippen LogP contribution in [0.4, 0.5) is 5.69 Å². The number of rotatable bonds is 1. The Kier molecular flexibility index (Phi) is 2.63. The number of hydrogen-bond donors (Lipinski definition) is 0. The van der Waals surface area contributed by atoms with Gasteiger partial charge in [0.2, 0.25) is 0 Å². The Morgan fingerprint density at radius 3 is 2.94 bits per heavy atom. The molecule has 18 heavy (non-hydrogen) atoms. The summed E-state index contributed by atoms with van der Waals surface area (Å²) in [7, 11) is 4.19. The molecule has 3 nitrogen and oxygen atoms in total. The van der Waals surface area contributed by atoms with Crippen molar-refractivity contribution in [2.45, 2.75) is 0 Å². The molecule has 2 aromatic rings. The minimum absolute atomic E-state index is 0.257. The molecule has 0 saturated carbocycles. The normalized spacial score (nSPS) is 13.7. The highest BCUT2D eigenvalue weighted by atomic mass is 15.1. The van der Waals surface area contributed by atoms with Gasteiger partial charge < -0.3 is 4.81 Å². The van der Waals surface area contributed by atoms with Crippen molar-refractivity contribution >= 4 is 24.2 Å². The molecular formula is C14H15BN3+. The van der Waals surface area contributed by atoms with Crippen LogP contribution >= 0.6 is 0 Å². The van der Waals surface area contributed by atoms with E-state index in [4.69, 9.17) is 0 Å². The van der Waals surface area contributed by atoms with E-state index in [2.05, 4.69) is 64.9 Å². The summed E-state index contributed by atoms with van der Waals surface area (Å²) < 4.78 is 2.16. The zero-order valence-corrected chi connectivity index (χ0v) is 10.6. The van der Waals surface area contributed by atoms with Crippen molar-refractivity contribution in [3.63, 3.8) is 0 Å². The Morgan fingerprint density at radius 2 is 2.11 bits per heavy atom. The third kappa shape index (κ3) is 1.70. The second kappa shape index (κ2) is 4.29. The van der Waals surface area contributed by atoms with Crippen LogP contribution in [0.25, 0.3) is 6.08 Å². The van der Waals surface area contributed by atoms with Crippen LogP contribution in [0.1, 0.15) is 5.69 Å². The average molecular weight is 236 g/mol. The maximum Gasteiger partial charge on any atom is 0.396 e. The molecule has 0 spiro atoms. The van der Waals surface area contributed by atoms with Crippen LogP contribution in [0.5, 0.6) is 0 Å². The number of hydrogen-bond acceptors (Lipinski definition) is 2.